The smallest absolute Gasteiger partial charge is 0.344 e. The summed E-state index contributed by atoms with van der Waals surface area (Å²) in [5.41, 5.74) is 0.696. The number of aliphatic carboxylic acids is 1. The highest BCUT2D eigenvalue weighted by Gasteiger charge is 2.16. The lowest BCUT2D eigenvalue weighted by atomic mass is 10.2. The first-order valence-electron chi connectivity index (χ1n) is 7.04. The normalized spacial score (nSPS) is 12.6. The molecule has 0 saturated carbocycles. The number of benzene rings is 1. The van der Waals surface area contributed by atoms with Gasteiger partial charge in [-0.2, -0.15) is 0 Å². The Labute approximate surface area is 125 Å². The van der Waals surface area contributed by atoms with Gasteiger partial charge in [-0.1, -0.05) is 26.0 Å². The fourth-order valence-corrected chi connectivity index (χ4v) is 1.76. The molecular formula is C15H23N3O3. The molecule has 0 spiro atoms. The maximum atomic E-state index is 10.9. The zero-order valence-corrected chi connectivity index (χ0v) is 13.0. The van der Waals surface area contributed by atoms with Crippen molar-refractivity contribution in [2.45, 2.75) is 33.3 Å². The Kier molecular flexibility index (Phi) is 6.65. The Balaban J connectivity index is 2.61. The molecule has 1 N–H and O–H groups in total. The Bertz CT molecular complexity index is 472. The fraction of sp³-hybridized carbons (Fsp3) is 0.533. The van der Waals surface area contributed by atoms with Gasteiger partial charge in [-0.05, 0) is 36.6 Å². The van der Waals surface area contributed by atoms with Crippen LogP contribution in [-0.2, 0) is 4.79 Å². The van der Waals surface area contributed by atoms with Gasteiger partial charge in [-0.25, -0.2) is 4.79 Å². The summed E-state index contributed by atoms with van der Waals surface area (Å²) in [6.45, 7) is 6.84. The molecule has 0 aliphatic carbocycles. The average Bonchev–Trinajstić information content (AvgIpc) is 2.42. The number of carboxylic acids is 1. The van der Waals surface area contributed by atoms with E-state index in [1.165, 1.54) is 0 Å². The van der Waals surface area contributed by atoms with Crippen molar-refractivity contribution in [3.8, 4) is 5.75 Å². The monoisotopic (exact) mass is 293 g/mol. The first-order valence-corrected chi connectivity index (χ1v) is 7.04. The molecule has 6 nitrogen and oxygen atoms in total. The van der Waals surface area contributed by atoms with Crippen molar-refractivity contribution in [1.29, 1.82) is 0 Å². The number of carboxylic acid groups (broad SMARTS) is 1. The molecule has 116 valence electrons. The predicted octanol–water partition coefficient (Wildman–Crippen LogP) is 3.52. The second-order valence-electron chi connectivity index (χ2n) is 5.27. The van der Waals surface area contributed by atoms with Crippen molar-refractivity contribution < 1.29 is 14.6 Å². The summed E-state index contributed by atoms with van der Waals surface area (Å²) in [6.07, 6.45) is -0.411. The van der Waals surface area contributed by atoms with Crippen molar-refractivity contribution in [2.24, 2.45) is 16.3 Å². The van der Waals surface area contributed by atoms with Crippen LogP contribution in [0.3, 0.4) is 0 Å². The van der Waals surface area contributed by atoms with Crippen LogP contribution < -0.4 is 4.74 Å². The van der Waals surface area contributed by atoms with Crippen LogP contribution >= 0.6 is 0 Å². The van der Waals surface area contributed by atoms with E-state index >= 15 is 0 Å². The summed E-state index contributed by atoms with van der Waals surface area (Å²) in [7, 11) is 1.87. The molecule has 0 amide bonds. The van der Waals surface area contributed by atoms with Gasteiger partial charge in [-0.15, -0.1) is 5.11 Å². The summed E-state index contributed by atoms with van der Waals surface area (Å²) in [5.74, 6) is 0.0713. The fourth-order valence-electron chi connectivity index (χ4n) is 1.76. The number of rotatable bonds is 8. The molecule has 0 fully saturated rings. The standard InChI is InChI=1S/C15H23N3O3/c1-5-14(15(19)20)21-13-8-6-12(7-9-13)16-17-18(4)10-11(2)3/h6-9,11,14H,5,10H2,1-4H3,(H,19,20). The van der Waals surface area contributed by atoms with Crippen LogP contribution in [0.5, 0.6) is 5.75 Å². The molecule has 0 heterocycles. The van der Waals surface area contributed by atoms with E-state index in [1.54, 1.807) is 36.2 Å². The van der Waals surface area contributed by atoms with Crippen molar-refractivity contribution in [3.63, 3.8) is 0 Å². The van der Waals surface area contributed by atoms with Gasteiger partial charge >= 0.3 is 5.97 Å². The summed E-state index contributed by atoms with van der Waals surface area (Å²) >= 11 is 0. The van der Waals surface area contributed by atoms with Gasteiger partial charge in [0.25, 0.3) is 0 Å². The largest absolute Gasteiger partial charge is 0.479 e. The average molecular weight is 293 g/mol. The highest BCUT2D eigenvalue weighted by molar-refractivity contribution is 5.72. The highest BCUT2D eigenvalue weighted by atomic mass is 16.5. The lowest BCUT2D eigenvalue weighted by Gasteiger charge is -2.14. The molecule has 6 heteroatoms. The molecule has 0 radical (unpaired) electrons. The van der Waals surface area contributed by atoms with Gasteiger partial charge < -0.3 is 9.84 Å². The summed E-state index contributed by atoms with van der Waals surface area (Å²) in [6, 6.07) is 6.89. The van der Waals surface area contributed by atoms with E-state index in [4.69, 9.17) is 9.84 Å². The second kappa shape index (κ2) is 8.24. The molecule has 21 heavy (non-hydrogen) atoms. The lowest BCUT2D eigenvalue weighted by Crippen LogP contribution is -2.25. The van der Waals surface area contributed by atoms with E-state index in [-0.39, 0.29) is 0 Å². The van der Waals surface area contributed by atoms with Crippen LogP contribution in [0.1, 0.15) is 27.2 Å². The van der Waals surface area contributed by atoms with Crippen LogP contribution in [0.2, 0.25) is 0 Å². The minimum Gasteiger partial charge on any atom is -0.479 e. The third kappa shape index (κ3) is 6.25. The molecule has 0 aliphatic heterocycles. The maximum Gasteiger partial charge on any atom is 0.344 e. The zero-order valence-electron chi connectivity index (χ0n) is 13.0. The summed E-state index contributed by atoms with van der Waals surface area (Å²) in [4.78, 5) is 10.9. The molecule has 1 rings (SSSR count). The van der Waals surface area contributed by atoms with Crippen LogP contribution in [0.15, 0.2) is 34.6 Å². The van der Waals surface area contributed by atoms with Gasteiger partial charge in [0, 0.05) is 13.6 Å². The second-order valence-corrected chi connectivity index (χ2v) is 5.27. The quantitative estimate of drug-likeness (QED) is 0.588. The molecule has 0 aliphatic rings. The maximum absolute atomic E-state index is 10.9. The topological polar surface area (TPSA) is 74.5 Å². The van der Waals surface area contributed by atoms with Crippen molar-refractivity contribution in [1.82, 2.24) is 5.01 Å². The van der Waals surface area contributed by atoms with Crippen LogP contribution in [0.25, 0.3) is 0 Å². The van der Waals surface area contributed by atoms with E-state index in [2.05, 4.69) is 24.2 Å². The van der Waals surface area contributed by atoms with Gasteiger partial charge in [0.15, 0.2) is 6.10 Å². The Morgan fingerprint density at radius 3 is 2.43 bits per heavy atom. The van der Waals surface area contributed by atoms with E-state index in [1.807, 2.05) is 7.05 Å². The van der Waals surface area contributed by atoms with E-state index in [9.17, 15) is 4.79 Å². The van der Waals surface area contributed by atoms with E-state index in [0.717, 1.165) is 6.54 Å². The summed E-state index contributed by atoms with van der Waals surface area (Å²) in [5, 5.41) is 18.9. The van der Waals surface area contributed by atoms with Crippen LogP contribution in [0.4, 0.5) is 5.69 Å². The predicted molar refractivity (Wildman–Crippen MR) is 80.8 cm³/mol. The minimum absolute atomic E-state index is 0.413. The van der Waals surface area contributed by atoms with Crippen molar-refractivity contribution in [3.05, 3.63) is 24.3 Å². The Morgan fingerprint density at radius 1 is 1.33 bits per heavy atom. The Hall–Kier alpha value is -2.11. The van der Waals surface area contributed by atoms with Crippen LogP contribution in [0, 0.1) is 5.92 Å². The molecule has 0 saturated heterocycles. The molecule has 1 aromatic carbocycles. The number of hydrogen-bond donors (Lipinski definition) is 1. The molecule has 0 aromatic heterocycles. The third-order valence-electron chi connectivity index (χ3n) is 2.70. The SMILES string of the molecule is CCC(Oc1ccc(N=NN(C)CC(C)C)cc1)C(=O)O. The van der Waals surface area contributed by atoms with Crippen molar-refractivity contribution >= 4 is 11.7 Å². The number of carbonyl (C=O) groups is 1. The van der Waals surface area contributed by atoms with Crippen LogP contribution in [-0.4, -0.2) is 35.8 Å². The first kappa shape index (κ1) is 16.9. The highest BCUT2D eigenvalue weighted by Crippen LogP contribution is 2.20. The first-order chi connectivity index (χ1) is 9.92. The van der Waals surface area contributed by atoms with Gasteiger partial charge in [0.05, 0.1) is 5.69 Å². The number of ether oxygens (including phenoxy) is 1. The van der Waals surface area contributed by atoms with Gasteiger partial charge in [0.1, 0.15) is 5.75 Å². The molecule has 0 bridgehead atoms. The molecule has 1 unspecified atom stereocenters. The Morgan fingerprint density at radius 2 is 1.95 bits per heavy atom. The van der Waals surface area contributed by atoms with E-state index < -0.39 is 12.1 Å². The number of nitrogens with zero attached hydrogens (tertiary/aromatic N) is 3. The van der Waals surface area contributed by atoms with E-state index in [0.29, 0.717) is 23.8 Å². The van der Waals surface area contributed by atoms with Crippen molar-refractivity contribution in [2.75, 3.05) is 13.6 Å². The minimum atomic E-state index is -0.962. The zero-order chi connectivity index (χ0) is 15.8. The molecule has 1 atom stereocenters. The lowest BCUT2D eigenvalue weighted by molar-refractivity contribution is -0.145. The number of hydrogen-bond acceptors (Lipinski definition) is 4. The van der Waals surface area contributed by atoms with Gasteiger partial charge in [-0.3, -0.25) is 5.01 Å². The molecule has 1 aromatic rings. The van der Waals surface area contributed by atoms with Gasteiger partial charge in [0.2, 0.25) is 0 Å². The molecular weight excluding hydrogens is 270 g/mol. The summed E-state index contributed by atoms with van der Waals surface area (Å²) < 4.78 is 5.38. The third-order valence-corrected chi connectivity index (χ3v) is 2.70.